The van der Waals surface area contributed by atoms with E-state index in [1.807, 2.05) is 6.92 Å². The first kappa shape index (κ1) is 20.1. The number of halogens is 3. The fourth-order valence-corrected chi connectivity index (χ4v) is 3.56. The first-order chi connectivity index (χ1) is 14.3. The Morgan fingerprint density at radius 2 is 1.63 bits per heavy atom. The van der Waals surface area contributed by atoms with Crippen molar-refractivity contribution in [3.63, 3.8) is 0 Å². The lowest BCUT2D eigenvalue weighted by Crippen LogP contribution is -2.32. The number of benzene rings is 3. The number of carbonyl (C=O) groups excluding carboxylic acids is 2. The molecular weight excluding hydrogens is 426 g/mol. The normalized spacial score (nSPS) is 13.9. The van der Waals surface area contributed by atoms with Gasteiger partial charge in [0, 0.05) is 15.7 Å². The van der Waals surface area contributed by atoms with Gasteiger partial charge < -0.3 is 5.32 Å². The van der Waals surface area contributed by atoms with Gasteiger partial charge in [-0.2, -0.15) is 0 Å². The van der Waals surface area contributed by atoms with Crippen LogP contribution < -0.4 is 10.2 Å². The highest BCUT2D eigenvalue weighted by Gasteiger charge is 2.40. The van der Waals surface area contributed by atoms with Gasteiger partial charge in [0.2, 0.25) is 0 Å². The molecule has 4 nitrogen and oxygen atoms in total. The molecule has 3 aromatic rings. The smallest absolute Gasteiger partial charge is 0.282 e. The van der Waals surface area contributed by atoms with Crippen LogP contribution in [-0.2, 0) is 9.59 Å². The molecule has 30 heavy (non-hydrogen) atoms. The molecule has 0 saturated carbocycles. The maximum atomic E-state index is 13.4. The number of hydrogen-bond donors (Lipinski definition) is 1. The second kappa shape index (κ2) is 7.94. The van der Waals surface area contributed by atoms with Crippen LogP contribution in [0.1, 0.15) is 11.1 Å². The van der Waals surface area contributed by atoms with Gasteiger partial charge in [-0.3, -0.25) is 9.59 Å². The molecule has 1 N–H and O–H groups in total. The summed E-state index contributed by atoms with van der Waals surface area (Å²) in [5.41, 5.74) is 2.40. The van der Waals surface area contributed by atoms with Gasteiger partial charge in [-0.25, -0.2) is 9.29 Å². The number of hydrogen-bond acceptors (Lipinski definition) is 3. The standard InChI is InChI=1S/C23H15Cl2FN2O2/c1-13-5-10-17(12-19(13)25)27-21-20(14-6-8-16(26)9-7-14)22(29)28(23(21)30)18-4-2-3-15(24)11-18/h2-12,27H,1H3. The van der Waals surface area contributed by atoms with Crippen LogP contribution >= 0.6 is 23.2 Å². The van der Waals surface area contributed by atoms with Gasteiger partial charge in [-0.15, -0.1) is 0 Å². The Morgan fingerprint density at radius 1 is 0.900 bits per heavy atom. The molecule has 0 aliphatic carbocycles. The van der Waals surface area contributed by atoms with Crippen LogP contribution in [0.3, 0.4) is 0 Å². The quantitative estimate of drug-likeness (QED) is 0.518. The predicted molar refractivity (Wildman–Crippen MR) is 117 cm³/mol. The molecule has 3 aromatic carbocycles. The highest BCUT2D eigenvalue weighted by atomic mass is 35.5. The molecule has 0 aromatic heterocycles. The molecule has 150 valence electrons. The van der Waals surface area contributed by atoms with E-state index in [4.69, 9.17) is 23.2 Å². The minimum Gasteiger partial charge on any atom is -0.350 e. The maximum absolute atomic E-state index is 13.4. The van der Waals surface area contributed by atoms with Crippen LogP contribution in [0, 0.1) is 12.7 Å². The van der Waals surface area contributed by atoms with Crippen LogP contribution in [0.2, 0.25) is 10.0 Å². The van der Waals surface area contributed by atoms with E-state index in [1.54, 1.807) is 36.4 Å². The fourth-order valence-electron chi connectivity index (χ4n) is 3.19. The van der Waals surface area contributed by atoms with E-state index in [0.29, 0.717) is 27.0 Å². The van der Waals surface area contributed by atoms with Gasteiger partial charge in [-0.1, -0.05) is 47.5 Å². The van der Waals surface area contributed by atoms with Gasteiger partial charge in [0.25, 0.3) is 11.8 Å². The number of imide groups is 1. The lowest BCUT2D eigenvalue weighted by atomic mass is 10.0. The van der Waals surface area contributed by atoms with Crippen LogP contribution in [0.5, 0.6) is 0 Å². The SMILES string of the molecule is Cc1ccc(NC2=C(c3ccc(F)cc3)C(=O)N(c3cccc(Cl)c3)C2=O)cc1Cl. The zero-order chi connectivity index (χ0) is 21.4. The van der Waals surface area contributed by atoms with Crippen LogP contribution in [0.4, 0.5) is 15.8 Å². The first-order valence-corrected chi connectivity index (χ1v) is 9.78. The van der Waals surface area contributed by atoms with Crippen molar-refractivity contribution in [2.24, 2.45) is 0 Å². The van der Waals surface area contributed by atoms with Crippen molar-refractivity contribution in [2.45, 2.75) is 6.92 Å². The Kier molecular flexibility index (Phi) is 5.33. The molecule has 0 radical (unpaired) electrons. The highest BCUT2D eigenvalue weighted by molar-refractivity contribution is 6.46. The average molecular weight is 441 g/mol. The fraction of sp³-hybridized carbons (Fsp3) is 0.0435. The molecule has 0 saturated heterocycles. The van der Waals surface area contributed by atoms with Gasteiger partial charge in [0.1, 0.15) is 11.5 Å². The second-order valence-corrected chi connectivity index (χ2v) is 7.62. The van der Waals surface area contributed by atoms with E-state index < -0.39 is 17.6 Å². The topological polar surface area (TPSA) is 49.4 Å². The third-order valence-corrected chi connectivity index (χ3v) is 5.37. The highest BCUT2D eigenvalue weighted by Crippen LogP contribution is 2.35. The summed E-state index contributed by atoms with van der Waals surface area (Å²) in [6, 6.07) is 17.1. The largest absolute Gasteiger partial charge is 0.350 e. The Labute approximate surface area is 182 Å². The number of nitrogens with one attached hydrogen (secondary N) is 1. The van der Waals surface area contributed by atoms with Crippen LogP contribution in [0.15, 0.2) is 72.4 Å². The third-order valence-electron chi connectivity index (χ3n) is 4.72. The van der Waals surface area contributed by atoms with E-state index in [1.165, 1.54) is 30.3 Å². The molecule has 4 rings (SSSR count). The van der Waals surface area contributed by atoms with E-state index in [-0.39, 0.29) is 11.3 Å². The maximum Gasteiger partial charge on any atom is 0.282 e. The van der Waals surface area contributed by atoms with Gasteiger partial charge >= 0.3 is 0 Å². The summed E-state index contributed by atoms with van der Waals surface area (Å²) in [7, 11) is 0. The summed E-state index contributed by atoms with van der Waals surface area (Å²) >= 11 is 12.3. The predicted octanol–water partition coefficient (Wildman–Crippen LogP) is 5.84. The first-order valence-electron chi connectivity index (χ1n) is 9.03. The van der Waals surface area contributed by atoms with E-state index in [2.05, 4.69) is 5.32 Å². The number of aryl methyl sites for hydroxylation is 1. The molecule has 1 aliphatic rings. The van der Waals surface area contributed by atoms with Crippen LogP contribution in [0.25, 0.3) is 5.57 Å². The van der Waals surface area contributed by atoms with Gasteiger partial charge in [-0.05, 0) is 60.5 Å². The van der Waals surface area contributed by atoms with Crippen molar-refractivity contribution in [1.29, 1.82) is 0 Å². The Morgan fingerprint density at radius 3 is 2.30 bits per heavy atom. The van der Waals surface area contributed by atoms with Crippen molar-refractivity contribution in [2.75, 3.05) is 10.2 Å². The third kappa shape index (κ3) is 3.70. The number of nitrogens with zero attached hydrogens (tertiary/aromatic N) is 1. The number of carbonyl (C=O) groups is 2. The van der Waals surface area contributed by atoms with Crippen molar-refractivity contribution in [1.82, 2.24) is 0 Å². The van der Waals surface area contributed by atoms with Crippen LogP contribution in [-0.4, -0.2) is 11.8 Å². The van der Waals surface area contributed by atoms with Crippen molar-refractivity contribution in [3.8, 4) is 0 Å². The number of amides is 2. The number of anilines is 2. The molecule has 0 unspecified atom stereocenters. The Balaban J connectivity index is 1.83. The Bertz CT molecular complexity index is 1210. The molecular formula is C23H15Cl2FN2O2. The van der Waals surface area contributed by atoms with Crippen molar-refractivity contribution in [3.05, 3.63) is 99.4 Å². The minimum atomic E-state index is -0.543. The van der Waals surface area contributed by atoms with E-state index in [0.717, 1.165) is 10.5 Å². The van der Waals surface area contributed by atoms with E-state index >= 15 is 0 Å². The summed E-state index contributed by atoms with van der Waals surface area (Å²) in [6.45, 7) is 1.86. The molecule has 0 bridgehead atoms. The minimum absolute atomic E-state index is 0.0755. The lowest BCUT2D eigenvalue weighted by molar-refractivity contribution is -0.120. The molecule has 0 atom stereocenters. The average Bonchev–Trinajstić information content (AvgIpc) is 2.95. The Hall–Kier alpha value is -3.15. The summed E-state index contributed by atoms with van der Waals surface area (Å²) < 4.78 is 13.4. The second-order valence-electron chi connectivity index (χ2n) is 6.77. The molecule has 1 heterocycles. The zero-order valence-corrected chi connectivity index (χ0v) is 17.3. The van der Waals surface area contributed by atoms with Gasteiger partial charge in [0.05, 0.1) is 11.3 Å². The molecule has 1 aliphatic heterocycles. The summed E-state index contributed by atoms with van der Waals surface area (Å²) in [4.78, 5) is 27.6. The molecule has 7 heteroatoms. The lowest BCUT2D eigenvalue weighted by Gasteiger charge is -2.15. The summed E-state index contributed by atoms with van der Waals surface area (Å²) in [5.74, 6) is -1.52. The molecule has 2 amide bonds. The summed E-state index contributed by atoms with van der Waals surface area (Å²) in [6.07, 6.45) is 0. The monoisotopic (exact) mass is 440 g/mol. The molecule has 0 fully saturated rings. The van der Waals surface area contributed by atoms with E-state index in [9.17, 15) is 14.0 Å². The number of rotatable bonds is 4. The van der Waals surface area contributed by atoms with Crippen molar-refractivity contribution < 1.29 is 14.0 Å². The zero-order valence-electron chi connectivity index (χ0n) is 15.7. The van der Waals surface area contributed by atoms with Crippen molar-refractivity contribution >= 4 is 52.0 Å². The summed E-state index contributed by atoms with van der Waals surface area (Å²) in [5, 5.41) is 3.94. The molecule has 0 spiro atoms. The van der Waals surface area contributed by atoms with Gasteiger partial charge in [0.15, 0.2) is 0 Å².